The van der Waals surface area contributed by atoms with E-state index in [0.29, 0.717) is 23.5 Å². The average Bonchev–Trinajstić information content (AvgIpc) is 3.49. The number of anilines is 1. The van der Waals surface area contributed by atoms with E-state index in [9.17, 15) is 18.0 Å². The Hall–Kier alpha value is -3.44. The molecule has 3 fully saturated rings. The van der Waals surface area contributed by atoms with Gasteiger partial charge >= 0.3 is 12.1 Å². The van der Waals surface area contributed by atoms with E-state index >= 15 is 0 Å². The van der Waals surface area contributed by atoms with E-state index in [4.69, 9.17) is 19.0 Å². The fourth-order valence-corrected chi connectivity index (χ4v) is 7.57. The topological polar surface area (TPSA) is 77.7 Å². The van der Waals surface area contributed by atoms with Gasteiger partial charge in [-0.05, 0) is 69.7 Å². The second kappa shape index (κ2) is 10.7. The molecule has 3 aliphatic rings. The molecule has 7 nitrogen and oxygen atoms in total. The Morgan fingerprint density at radius 3 is 2.57 bits per heavy atom. The smallest absolute Gasteiger partial charge is 0.417 e. The lowest BCUT2D eigenvalue weighted by atomic mass is 9.98. The Labute approximate surface area is 244 Å². The molecule has 2 aliphatic heterocycles. The summed E-state index contributed by atoms with van der Waals surface area (Å²) in [6.45, 7) is 2.28. The van der Waals surface area contributed by atoms with Crippen molar-refractivity contribution < 1.29 is 32.0 Å². The van der Waals surface area contributed by atoms with Crippen molar-refractivity contribution in [3.63, 3.8) is 0 Å². The lowest BCUT2D eigenvalue weighted by Gasteiger charge is -2.38. The molecule has 2 aromatic heterocycles. The average molecular weight is 598 g/mol. The molecule has 4 aromatic rings. The van der Waals surface area contributed by atoms with Crippen molar-refractivity contribution in [1.82, 2.24) is 10.1 Å². The van der Waals surface area contributed by atoms with Crippen molar-refractivity contribution in [1.29, 1.82) is 0 Å². The zero-order valence-corrected chi connectivity index (χ0v) is 23.8. The number of carbonyl (C=O) groups is 1. The van der Waals surface area contributed by atoms with E-state index in [2.05, 4.69) is 10.1 Å². The normalized spacial score (nSPS) is 22.2. The van der Waals surface area contributed by atoms with Crippen LogP contribution >= 0.6 is 11.3 Å². The minimum absolute atomic E-state index is 0.0242. The van der Waals surface area contributed by atoms with Gasteiger partial charge in [0.1, 0.15) is 11.5 Å². The van der Waals surface area contributed by atoms with Crippen LogP contribution in [0.3, 0.4) is 0 Å². The highest BCUT2D eigenvalue weighted by atomic mass is 32.1. The Bertz CT molecular complexity index is 1620. The molecule has 0 radical (unpaired) electrons. The molecular weight excluding hydrogens is 567 g/mol. The zero-order chi connectivity index (χ0) is 29.0. The summed E-state index contributed by atoms with van der Waals surface area (Å²) < 4.78 is 59.6. The number of alkyl halides is 3. The molecule has 0 N–H and O–H groups in total. The number of nitrogens with zero attached hydrogens (tertiary/aromatic N) is 3. The Kier molecular flexibility index (Phi) is 6.97. The summed E-state index contributed by atoms with van der Waals surface area (Å²) >= 11 is 1.58. The summed E-state index contributed by atoms with van der Waals surface area (Å²) in [5, 5.41) is 5.07. The predicted octanol–water partition coefficient (Wildman–Crippen LogP) is 7.74. The quantitative estimate of drug-likeness (QED) is 0.192. The molecular formula is C31H30F3N3O4S. The Balaban J connectivity index is 1.09. The van der Waals surface area contributed by atoms with Crippen LogP contribution in [0.2, 0.25) is 0 Å². The summed E-state index contributed by atoms with van der Waals surface area (Å²) in [4.78, 5) is 19.5. The van der Waals surface area contributed by atoms with Crippen LogP contribution in [0.25, 0.3) is 21.5 Å². The van der Waals surface area contributed by atoms with E-state index in [1.807, 2.05) is 12.1 Å². The minimum atomic E-state index is -4.50. The van der Waals surface area contributed by atoms with Crippen molar-refractivity contribution in [2.24, 2.45) is 0 Å². The number of halogens is 3. The fraction of sp³-hybridized carbons (Fsp3) is 0.452. The van der Waals surface area contributed by atoms with E-state index < -0.39 is 11.7 Å². The Morgan fingerprint density at radius 1 is 1.10 bits per heavy atom. The number of hydrogen-bond donors (Lipinski definition) is 0. The molecule has 1 aliphatic carbocycles. The molecule has 2 saturated heterocycles. The van der Waals surface area contributed by atoms with Crippen LogP contribution in [0.1, 0.15) is 78.6 Å². The first kappa shape index (κ1) is 27.4. The van der Waals surface area contributed by atoms with Gasteiger partial charge in [0.2, 0.25) is 0 Å². The maximum atomic E-state index is 13.8. The lowest BCUT2D eigenvalue weighted by Crippen LogP contribution is -2.45. The monoisotopic (exact) mass is 597 g/mol. The van der Waals surface area contributed by atoms with Crippen LogP contribution < -0.4 is 4.90 Å². The van der Waals surface area contributed by atoms with Crippen LogP contribution in [0, 0.1) is 0 Å². The number of ether oxygens (including phenoxy) is 2. The lowest BCUT2D eigenvalue weighted by molar-refractivity contribution is -0.137. The number of piperidine rings is 1. The van der Waals surface area contributed by atoms with Gasteiger partial charge in [0.05, 0.1) is 40.7 Å². The van der Waals surface area contributed by atoms with Crippen molar-refractivity contribution in [2.75, 3.05) is 11.5 Å². The van der Waals surface area contributed by atoms with E-state index in [1.165, 1.54) is 12.1 Å². The predicted molar refractivity (Wildman–Crippen MR) is 152 cm³/mol. The molecule has 0 spiro atoms. The maximum absolute atomic E-state index is 13.8. The van der Waals surface area contributed by atoms with Crippen molar-refractivity contribution in [3.8, 4) is 11.3 Å². The molecule has 1 saturated carbocycles. The highest BCUT2D eigenvalue weighted by molar-refractivity contribution is 7.22. The van der Waals surface area contributed by atoms with Crippen molar-refractivity contribution in [3.05, 3.63) is 64.9 Å². The van der Waals surface area contributed by atoms with Gasteiger partial charge in [-0.2, -0.15) is 13.2 Å². The number of carbonyl (C=O) groups excluding carboxylic acids is 1. The van der Waals surface area contributed by atoms with Crippen LogP contribution in [-0.4, -0.2) is 40.9 Å². The third-order valence-corrected chi connectivity index (χ3v) is 9.55. The molecule has 2 atom stereocenters. The SMILES string of the molecule is CCOC(=O)c1ccc2nc(N3C4CCC3CC(OCc3c(-c5ccccc5C(F)(F)F)noc3C3CC3)C4)sc2c1. The van der Waals surface area contributed by atoms with E-state index in [1.54, 1.807) is 30.4 Å². The second-order valence-electron chi connectivity index (χ2n) is 11.3. The summed E-state index contributed by atoms with van der Waals surface area (Å²) in [6.07, 6.45) is 1.01. The molecule has 11 heteroatoms. The highest BCUT2D eigenvalue weighted by Gasteiger charge is 2.43. The molecule has 2 unspecified atom stereocenters. The standard InChI is InChI=1S/C31H30F3N3O4S/c1-2-39-29(38)18-9-12-25-26(13-18)42-30(35-25)37-19-10-11-20(37)15-21(14-19)40-16-23-27(36-41-28(23)17-7-8-17)22-5-3-4-6-24(22)31(32,33)34/h3-6,9,12-13,17,19-21H,2,7-8,10-11,14-16H2,1H3. The number of benzene rings is 2. The molecule has 2 aromatic carbocycles. The van der Waals surface area contributed by atoms with Crippen LogP contribution in [0.4, 0.5) is 18.3 Å². The molecule has 0 amide bonds. The van der Waals surface area contributed by atoms with Gasteiger partial charge in [-0.3, -0.25) is 0 Å². The molecule has 7 rings (SSSR count). The number of rotatable bonds is 8. The van der Waals surface area contributed by atoms with Crippen molar-refractivity contribution in [2.45, 2.75) is 82.3 Å². The summed E-state index contributed by atoms with van der Waals surface area (Å²) in [5.41, 5.74) is 1.53. The summed E-state index contributed by atoms with van der Waals surface area (Å²) in [5.74, 6) is 0.499. The van der Waals surface area contributed by atoms with Crippen LogP contribution in [0.15, 0.2) is 47.0 Å². The van der Waals surface area contributed by atoms with Gasteiger partial charge in [0.15, 0.2) is 5.13 Å². The summed E-state index contributed by atoms with van der Waals surface area (Å²) in [7, 11) is 0. The van der Waals surface area contributed by atoms with Gasteiger partial charge < -0.3 is 18.9 Å². The molecule has 220 valence electrons. The largest absolute Gasteiger partial charge is 0.462 e. The third-order valence-electron chi connectivity index (χ3n) is 8.52. The maximum Gasteiger partial charge on any atom is 0.417 e. The van der Waals surface area contributed by atoms with Gasteiger partial charge in [-0.15, -0.1) is 0 Å². The number of thiazole rings is 1. The second-order valence-corrected chi connectivity index (χ2v) is 12.3. The van der Waals surface area contributed by atoms with Crippen molar-refractivity contribution >= 4 is 32.7 Å². The third kappa shape index (κ3) is 5.06. The molecule has 42 heavy (non-hydrogen) atoms. The van der Waals surface area contributed by atoms with Gasteiger partial charge in [0.25, 0.3) is 0 Å². The minimum Gasteiger partial charge on any atom is -0.462 e. The van der Waals surface area contributed by atoms with E-state index in [0.717, 1.165) is 59.9 Å². The first-order valence-corrected chi connectivity index (χ1v) is 15.2. The number of hydrogen-bond acceptors (Lipinski definition) is 8. The van der Waals surface area contributed by atoms with Crippen LogP contribution in [-0.2, 0) is 22.3 Å². The number of esters is 1. The molecule has 2 bridgehead atoms. The van der Waals surface area contributed by atoms with Gasteiger partial charge in [-0.1, -0.05) is 34.7 Å². The zero-order valence-electron chi connectivity index (χ0n) is 23.0. The van der Waals surface area contributed by atoms with Crippen LogP contribution in [0.5, 0.6) is 0 Å². The highest BCUT2D eigenvalue weighted by Crippen LogP contribution is 2.47. The number of fused-ring (bicyclic) bond motifs is 3. The Morgan fingerprint density at radius 2 is 1.86 bits per heavy atom. The van der Waals surface area contributed by atoms with E-state index in [-0.39, 0.29) is 47.9 Å². The fourth-order valence-electron chi connectivity index (χ4n) is 6.42. The van der Waals surface area contributed by atoms with Gasteiger partial charge in [0, 0.05) is 29.1 Å². The number of aromatic nitrogens is 2. The molecule has 4 heterocycles. The van der Waals surface area contributed by atoms with Gasteiger partial charge in [-0.25, -0.2) is 9.78 Å². The first-order valence-electron chi connectivity index (χ1n) is 14.4. The summed E-state index contributed by atoms with van der Waals surface area (Å²) in [6, 6.07) is 11.5. The first-order chi connectivity index (χ1) is 20.3.